The van der Waals surface area contributed by atoms with Crippen LogP contribution in [0.25, 0.3) is 0 Å². The SMILES string of the molecule is COc1cc(C#N)ccc1NCc1occc1C. The fraction of sp³-hybridized carbons (Fsp3) is 0.214. The molecule has 0 radical (unpaired) electrons. The van der Waals surface area contributed by atoms with Crippen molar-refractivity contribution in [3.05, 3.63) is 47.4 Å². The Morgan fingerprint density at radius 3 is 2.83 bits per heavy atom. The standard InChI is InChI=1S/C14H14N2O2/c1-10-5-6-18-14(10)9-16-12-4-3-11(8-15)7-13(12)17-2/h3-7,16H,9H2,1-2H3. The molecular formula is C14H14N2O2. The summed E-state index contributed by atoms with van der Waals surface area (Å²) in [4.78, 5) is 0. The number of rotatable bonds is 4. The third-order valence-electron chi connectivity index (χ3n) is 2.74. The lowest BCUT2D eigenvalue weighted by atomic mass is 10.2. The Balaban J connectivity index is 2.15. The molecule has 0 aliphatic rings. The van der Waals surface area contributed by atoms with E-state index >= 15 is 0 Å². The summed E-state index contributed by atoms with van der Waals surface area (Å²) in [7, 11) is 1.58. The van der Waals surface area contributed by atoms with E-state index < -0.39 is 0 Å². The number of ether oxygens (including phenoxy) is 1. The Morgan fingerprint density at radius 2 is 2.22 bits per heavy atom. The minimum absolute atomic E-state index is 0.576. The number of nitrogens with zero attached hydrogens (tertiary/aromatic N) is 1. The van der Waals surface area contributed by atoms with E-state index in [1.807, 2.05) is 19.1 Å². The predicted molar refractivity (Wildman–Crippen MR) is 68.5 cm³/mol. The van der Waals surface area contributed by atoms with Crippen LogP contribution < -0.4 is 10.1 Å². The molecule has 1 heterocycles. The highest BCUT2D eigenvalue weighted by Gasteiger charge is 2.06. The van der Waals surface area contributed by atoms with Crippen LogP contribution in [0, 0.1) is 18.3 Å². The number of hydrogen-bond acceptors (Lipinski definition) is 4. The van der Waals surface area contributed by atoms with Crippen molar-refractivity contribution >= 4 is 5.69 Å². The van der Waals surface area contributed by atoms with E-state index in [0.29, 0.717) is 17.9 Å². The molecule has 0 saturated carbocycles. The van der Waals surface area contributed by atoms with E-state index in [1.165, 1.54) is 0 Å². The summed E-state index contributed by atoms with van der Waals surface area (Å²) < 4.78 is 10.6. The minimum atomic E-state index is 0.576. The van der Waals surface area contributed by atoms with Gasteiger partial charge in [0.1, 0.15) is 11.5 Å². The molecule has 0 aliphatic heterocycles. The number of nitrogens with one attached hydrogen (secondary N) is 1. The molecule has 2 aromatic rings. The van der Waals surface area contributed by atoms with Gasteiger partial charge >= 0.3 is 0 Å². The van der Waals surface area contributed by atoms with Crippen LogP contribution in [0.4, 0.5) is 5.69 Å². The monoisotopic (exact) mass is 242 g/mol. The molecule has 0 spiro atoms. The molecule has 92 valence electrons. The van der Waals surface area contributed by atoms with Gasteiger partial charge in [-0.2, -0.15) is 5.26 Å². The van der Waals surface area contributed by atoms with Crippen molar-refractivity contribution in [3.63, 3.8) is 0 Å². The molecule has 0 saturated heterocycles. The fourth-order valence-corrected chi connectivity index (χ4v) is 1.67. The lowest BCUT2D eigenvalue weighted by molar-refractivity contribution is 0.416. The van der Waals surface area contributed by atoms with Crippen LogP contribution in [0.1, 0.15) is 16.9 Å². The number of benzene rings is 1. The normalized spacial score (nSPS) is 9.83. The summed E-state index contributed by atoms with van der Waals surface area (Å²) in [5, 5.41) is 12.1. The highest BCUT2D eigenvalue weighted by Crippen LogP contribution is 2.26. The Bertz CT molecular complexity index is 582. The molecule has 4 heteroatoms. The number of anilines is 1. The van der Waals surface area contributed by atoms with E-state index in [-0.39, 0.29) is 0 Å². The zero-order valence-corrected chi connectivity index (χ0v) is 10.4. The van der Waals surface area contributed by atoms with Crippen LogP contribution >= 0.6 is 0 Å². The molecule has 1 N–H and O–H groups in total. The van der Waals surface area contributed by atoms with E-state index in [9.17, 15) is 0 Å². The Hall–Kier alpha value is -2.41. The second-order valence-electron chi connectivity index (χ2n) is 3.91. The van der Waals surface area contributed by atoms with Crippen LogP contribution in [0.15, 0.2) is 34.9 Å². The van der Waals surface area contributed by atoms with Gasteiger partial charge in [0.05, 0.1) is 37.2 Å². The molecule has 1 aromatic heterocycles. The predicted octanol–water partition coefficient (Wildman–Crippen LogP) is 3.08. The largest absolute Gasteiger partial charge is 0.495 e. The average molecular weight is 242 g/mol. The van der Waals surface area contributed by atoms with Crippen molar-refractivity contribution in [2.45, 2.75) is 13.5 Å². The van der Waals surface area contributed by atoms with Gasteiger partial charge in [-0.25, -0.2) is 0 Å². The van der Waals surface area contributed by atoms with Gasteiger partial charge in [0.15, 0.2) is 0 Å². The minimum Gasteiger partial charge on any atom is -0.495 e. The average Bonchev–Trinajstić information content (AvgIpc) is 2.81. The quantitative estimate of drug-likeness (QED) is 0.895. The highest BCUT2D eigenvalue weighted by atomic mass is 16.5. The zero-order chi connectivity index (χ0) is 13.0. The topological polar surface area (TPSA) is 58.2 Å². The van der Waals surface area contributed by atoms with E-state index in [0.717, 1.165) is 17.0 Å². The van der Waals surface area contributed by atoms with Gasteiger partial charge in [-0.3, -0.25) is 0 Å². The maximum absolute atomic E-state index is 8.82. The second kappa shape index (κ2) is 5.28. The first-order valence-corrected chi connectivity index (χ1v) is 5.59. The van der Waals surface area contributed by atoms with Gasteiger partial charge in [0.2, 0.25) is 0 Å². The lowest BCUT2D eigenvalue weighted by Crippen LogP contribution is -2.01. The summed E-state index contributed by atoms with van der Waals surface area (Å²) >= 11 is 0. The summed E-state index contributed by atoms with van der Waals surface area (Å²) in [5.74, 6) is 1.54. The van der Waals surface area contributed by atoms with Gasteiger partial charge in [-0.1, -0.05) is 0 Å². The zero-order valence-electron chi connectivity index (χ0n) is 10.4. The Morgan fingerprint density at radius 1 is 1.39 bits per heavy atom. The number of hydrogen-bond donors (Lipinski definition) is 1. The first kappa shape index (κ1) is 12.1. The Labute approximate surface area is 106 Å². The van der Waals surface area contributed by atoms with Crippen molar-refractivity contribution in [3.8, 4) is 11.8 Å². The molecule has 1 aromatic carbocycles. The van der Waals surface area contributed by atoms with Crippen molar-refractivity contribution in [1.29, 1.82) is 5.26 Å². The molecule has 18 heavy (non-hydrogen) atoms. The second-order valence-corrected chi connectivity index (χ2v) is 3.91. The lowest BCUT2D eigenvalue weighted by Gasteiger charge is -2.10. The molecule has 0 fully saturated rings. The van der Waals surface area contributed by atoms with Crippen molar-refractivity contribution in [2.75, 3.05) is 12.4 Å². The van der Waals surface area contributed by atoms with Crippen LogP contribution in [-0.4, -0.2) is 7.11 Å². The molecule has 4 nitrogen and oxygen atoms in total. The smallest absolute Gasteiger partial charge is 0.143 e. The molecule has 0 atom stereocenters. The summed E-state index contributed by atoms with van der Waals surface area (Å²) in [6, 6.07) is 9.29. The first-order chi connectivity index (χ1) is 8.74. The number of methoxy groups -OCH3 is 1. The molecule has 0 unspecified atom stereocenters. The van der Waals surface area contributed by atoms with Crippen LogP contribution in [0.2, 0.25) is 0 Å². The molecule has 0 amide bonds. The molecular weight excluding hydrogens is 228 g/mol. The Kier molecular flexibility index (Phi) is 3.54. The van der Waals surface area contributed by atoms with Gasteiger partial charge in [0.25, 0.3) is 0 Å². The van der Waals surface area contributed by atoms with Crippen molar-refractivity contribution in [1.82, 2.24) is 0 Å². The number of furan rings is 1. The number of aryl methyl sites for hydroxylation is 1. The van der Waals surface area contributed by atoms with E-state index in [1.54, 1.807) is 25.5 Å². The molecule has 0 aliphatic carbocycles. The van der Waals surface area contributed by atoms with Crippen LogP contribution in [0.5, 0.6) is 5.75 Å². The summed E-state index contributed by atoms with van der Waals surface area (Å²) in [6.45, 7) is 2.58. The summed E-state index contributed by atoms with van der Waals surface area (Å²) in [6.07, 6.45) is 1.67. The van der Waals surface area contributed by atoms with Gasteiger partial charge in [-0.05, 0) is 30.7 Å². The van der Waals surface area contributed by atoms with E-state index in [2.05, 4.69) is 11.4 Å². The van der Waals surface area contributed by atoms with Gasteiger partial charge in [0, 0.05) is 6.07 Å². The maximum atomic E-state index is 8.82. The fourth-order valence-electron chi connectivity index (χ4n) is 1.67. The van der Waals surface area contributed by atoms with Crippen LogP contribution in [-0.2, 0) is 6.54 Å². The van der Waals surface area contributed by atoms with E-state index in [4.69, 9.17) is 14.4 Å². The highest BCUT2D eigenvalue weighted by molar-refractivity contribution is 5.59. The van der Waals surface area contributed by atoms with Crippen molar-refractivity contribution in [2.24, 2.45) is 0 Å². The molecule has 0 bridgehead atoms. The number of nitriles is 1. The van der Waals surface area contributed by atoms with Gasteiger partial charge < -0.3 is 14.5 Å². The van der Waals surface area contributed by atoms with Gasteiger partial charge in [-0.15, -0.1) is 0 Å². The maximum Gasteiger partial charge on any atom is 0.143 e. The first-order valence-electron chi connectivity index (χ1n) is 5.59. The van der Waals surface area contributed by atoms with Crippen LogP contribution in [0.3, 0.4) is 0 Å². The third-order valence-corrected chi connectivity index (χ3v) is 2.74. The third kappa shape index (κ3) is 2.46. The molecule has 2 rings (SSSR count). The van der Waals surface area contributed by atoms with Crippen molar-refractivity contribution < 1.29 is 9.15 Å². The summed E-state index contributed by atoms with van der Waals surface area (Å²) in [5.41, 5.74) is 2.52.